The van der Waals surface area contributed by atoms with Crippen LogP contribution in [0.1, 0.15) is 38.3 Å². The van der Waals surface area contributed by atoms with E-state index in [9.17, 15) is 0 Å². The van der Waals surface area contributed by atoms with E-state index in [-0.39, 0.29) is 5.41 Å². The van der Waals surface area contributed by atoms with Gasteiger partial charge < -0.3 is 0 Å². The first kappa shape index (κ1) is 11.7. The van der Waals surface area contributed by atoms with Crippen molar-refractivity contribution in [3.8, 4) is 0 Å². The highest BCUT2D eigenvalue weighted by Crippen LogP contribution is 2.30. The molecule has 78 valence electrons. The topological polar surface area (TPSA) is 12.9 Å². The van der Waals surface area contributed by atoms with Gasteiger partial charge in [0, 0.05) is 17.2 Å². The van der Waals surface area contributed by atoms with Crippen molar-refractivity contribution >= 4 is 15.9 Å². The van der Waals surface area contributed by atoms with Gasteiger partial charge in [0.1, 0.15) is 0 Å². The molecule has 0 radical (unpaired) electrons. The van der Waals surface area contributed by atoms with Gasteiger partial charge in [0.2, 0.25) is 0 Å². The number of rotatable bonds is 3. The molecule has 2 heteroatoms. The van der Waals surface area contributed by atoms with Gasteiger partial charge in [-0.1, -0.05) is 42.8 Å². The van der Waals surface area contributed by atoms with Crippen LogP contribution in [0.15, 0.2) is 18.5 Å². The molecular formula is C12H18BrN. The molecule has 1 rings (SSSR count). The molecular weight excluding hydrogens is 238 g/mol. The second-order valence-electron chi connectivity index (χ2n) is 4.62. The van der Waals surface area contributed by atoms with E-state index in [1.807, 2.05) is 12.4 Å². The van der Waals surface area contributed by atoms with Gasteiger partial charge in [0.25, 0.3) is 0 Å². The summed E-state index contributed by atoms with van der Waals surface area (Å²) in [4.78, 5) is 4.78. The molecule has 0 aromatic carbocycles. The first-order valence-corrected chi connectivity index (χ1v) is 5.89. The van der Waals surface area contributed by atoms with Crippen molar-refractivity contribution in [1.29, 1.82) is 0 Å². The maximum Gasteiger partial charge on any atom is 0.0305 e. The predicted octanol–water partition coefficient (Wildman–Crippen LogP) is 3.84. The SMILES string of the molecule is Cc1cncc(C(C)(C)CC(C)Br)c1. The first-order chi connectivity index (χ1) is 6.42. The van der Waals surface area contributed by atoms with Crippen LogP contribution in [0.3, 0.4) is 0 Å². The Hall–Kier alpha value is -0.370. The molecule has 0 bridgehead atoms. The third-order valence-electron chi connectivity index (χ3n) is 2.45. The Morgan fingerprint density at radius 3 is 2.57 bits per heavy atom. The number of aromatic nitrogens is 1. The molecule has 1 heterocycles. The van der Waals surface area contributed by atoms with E-state index in [1.165, 1.54) is 11.1 Å². The van der Waals surface area contributed by atoms with Crippen LogP contribution < -0.4 is 0 Å². The summed E-state index contributed by atoms with van der Waals surface area (Å²) in [6, 6.07) is 2.22. The lowest BCUT2D eigenvalue weighted by Gasteiger charge is -2.26. The molecule has 1 aromatic heterocycles. The zero-order valence-corrected chi connectivity index (χ0v) is 10.9. The van der Waals surface area contributed by atoms with Crippen LogP contribution in [0, 0.1) is 6.92 Å². The van der Waals surface area contributed by atoms with Crippen LogP contribution in [-0.2, 0) is 5.41 Å². The minimum Gasteiger partial charge on any atom is -0.264 e. The van der Waals surface area contributed by atoms with E-state index in [0.717, 1.165) is 6.42 Å². The summed E-state index contributed by atoms with van der Waals surface area (Å²) in [5, 5.41) is 0. The summed E-state index contributed by atoms with van der Waals surface area (Å²) < 4.78 is 0. The highest BCUT2D eigenvalue weighted by atomic mass is 79.9. The zero-order chi connectivity index (χ0) is 10.8. The van der Waals surface area contributed by atoms with Gasteiger partial charge in [-0.15, -0.1) is 0 Å². The van der Waals surface area contributed by atoms with Gasteiger partial charge in [-0.2, -0.15) is 0 Å². The average molecular weight is 256 g/mol. The second kappa shape index (κ2) is 4.43. The highest BCUT2D eigenvalue weighted by molar-refractivity contribution is 9.09. The Balaban J connectivity index is 2.91. The molecule has 1 atom stereocenters. The average Bonchev–Trinajstić information content (AvgIpc) is 2.01. The molecule has 0 fully saturated rings. The van der Waals surface area contributed by atoms with Gasteiger partial charge >= 0.3 is 0 Å². The zero-order valence-electron chi connectivity index (χ0n) is 9.34. The molecule has 14 heavy (non-hydrogen) atoms. The van der Waals surface area contributed by atoms with Crippen molar-refractivity contribution in [1.82, 2.24) is 4.98 Å². The number of hydrogen-bond acceptors (Lipinski definition) is 1. The Labute approximate surface area is 95.1 Å². The monoisotopic (exact) mass is 255 g/mol. The summed E-state index contributed by atoms with van der Waals surface area (Å²) in [7, 11) is 0. The molecule has 0 aliphatic heterocycles. The summed E-state index contributed by atoms with van der Waals surface area (Å²) >= 11 is 3.61. The smallest absolute Gasteiger partial charge is 0.0305 e. The summed E-state index contributed by atoms with van der Waals surface area (Å²) in [6.07, 6.45) is 5.00. The van der Waals surface area contributed by atoms with E-state index in [2.05, 4.69) is 54.7 Å². The van der Waals surface area contributed by atoms with Crippen molar-refractivity contribution in [2.24, 2.45) is 0 Å². The van der Waals surface area contributed by atoms with Crippen molar-refractivity contribution in [2.75, 3.05) is 0 Å². The Kier molecular flexibility index (Phi) is 3.71. The van der Waals surface area contributed by atoms with Crippen LogP contribution in [-0.4, -0.2) is 9.81 Å². The first-order valence-electron chi connectivity index (χ1n) is 4.98. The summed E-state index contributed by atoms with van der Waals surface area (Å²) in [6.45, 7) is 8.80. The minimum absolute atomic E-state index is 0.196. The van der Waals surface area contributed by atoms with Gasteiger partial charge in [0.05, 0.1) is 0 Å². The quantitative estimate of drug-likeness (QED) is 0.749. The van der Waals surface area contributed by atoms with E-state index in [0.29, 0.717) is 4.83 Å². The lowest BCUT2D eigenvalue weighted by atomic mass is 9.81. The van der Waals surface area contributed by atoms with Crippen molar-refractivity contribution < 1.29 is 0 Å². The molecule has 1 unspecified atom stereocenters. The van der Waals surface area contributed by atoms with Crippen LogP contribution in [0.5, 0.6) is 0 Å². The molecule has 1 aromatic rings. The molecule has 0 saturated heterocycles. The summed E-state index contributed by atoms with van der Waals surface area (Å²) in [5.74, 6) is 0. The minimum atomic E-state index is 0.196. The van der Waals surface area contributed by atoms with Crippen LogP contribution in [0.25, 0.3) is 0 Å². The normalized spacial score (nSPS) is 14.1. The fraction of sp³-hybridized carbons (Fsp3) is 0.583. The molecule has 0 amide bonds. The fourth-order valence-electron chi connectivity index (χ4n) is 1.75. The Morgan fingerprint density at radius 1 is 1.43 bits per heavy atom. The third kappa shape index (κ3) is 3.09. The molecule has 0 spiro atoms. The van der Waals surface area contributed by atoms with E-state index in [1.54, 1.807) is 0 Å². The lowest BCUT2D eigenvalue weighted by Crippen LogP contribution is -2.21. The molecule has 1 nitrogen and oxygen atoms in total. The number of pyridine rings is 1. The van der Waals surface area contributed by atoms with E-state index in [4.69, 9.17) is 0 Å². The maximum absolute atomic E-state index is 4.24. The number of alkyl halides is 1. The fourth-order valence-corrected chi connectivity index (χ4v) is 2.56. The van der Waals surface area contributed by atoms with Crippen LogP contribution in [0.4, 0.5) is 0 Å². The molecule has 0 aliphatic rings. The number of hydrogen-bond donors (Lipinski definition) is 0. The van der Waals surface area contributed by atoms with E-state index >= 15 is 0 Å². The molecule has 0 aliphatic carbocycles. The van der Waals surface area contributed by atoms with Crippen LogP contribution >= 0.6 is 15.9 Å². The summed E-state index contributed by atoms with van der Waals surface area (Å²) in [5.41, 5.74) is 2.75. The van der Waals surface area contributed by atoms with Gasteiger partial charge in [-0.05, 0) is 29.9 Å². The van der Waals surface area contributed by atoms with Gasteiger partial charge in [-0.3, -0.25) is 4.98 Å². The van der Waals surface area contributed by atoms with Gasteiger partial charge in [0.15, 0.2) is 0 Å². The Bertz CT molecular complexity index is 305. The lowest BCUT2D eigenvalue weighted by molar-refractivity contribution is 0.480. The Morgan fingerprint density at radius 2 is 2.07 bits per heavy atom. The third-order valence-corrected chi connectivity index (χ3v) is 2.77. The molecule has 0 N–H and O–H groups in total. The molecule has 0 saturated carbocycles. The second-order valence-corrected chi connectivity index (χ2v) is 6.18. The van der Waals surface area contributed by atoms with Crippen LogP contribution in [0.2, 0.25) is 0 Å². The highest BCUT2D eigenvalue weighted by Gasteiger charge is 2.22. The van der Waals surface area contributed by atoms with Crippen molar-refractivity contribution in [3.05, 3.63) is 29.6 Å². The standard InChI is InChI=1S/C12H18BrN/c1-9-5-11(8-14-7-9)12(3,4)6-10(2)13/h5,7-8,10H,6H2,1-4H3. The van der Waals surface area contributed by atoms with E-state index < -0.39 is 0 Å². The largest absolute Gasteiger partial charge is 0.264 e. The predicted molar refractivity (Wildman–Crippen MR) is 65.0 cm³/mol. The van der Waals surface area contributed by atoms with Crippen molar-refractivity contribution in [2.45, 2.75) is 44.4 Å². The van der Waals surface area contributed by atoms with Crippen molar-refractivity contribution in [3.63, 3.8) is 0 Å². The number of halogens is 1. The number of nitrogens with zero attached hydrogens (tertiary/aromatic N) is 1. The van der Waals surface area contributed by atoms with Gasteiger partial charge in [-0.25, -0.2) is 0 Å². The number of aryl methyl sites for hydroxylation is 1. The maximum atomic E-state index is 4.24.